The van der Waals surface area contributed by atoms with E-state index in [0.717, 1.165) is 42.0 Å². The Morgan fingerprint density at radius 3 is 2.55 bits per heavy atom. The molecule has 31 heavy (non-hydrogen) atoms. The molecule has 1 aromatic heterocycles. The summed E-state index contributed by atoms with van der Waals surface area (Å²) in [5.41, 5.74) is 1.95. The SMILES string of the molecule is Cl.N#Cc1ccc(N2C3CCC2CC(NC(=O)CCn2ccnc2)C3)c2ccccc12. The van der Waals surface area contributed by atoms with Crippen LogP contribution in [0.15, 0.2) is 55.1 Å². The molecular formula is C24H26ClN5O. The average molecular weight is 436 g/mol. The molecule has 3 aromatic rings. The van der Waals surface area contributed by atoms with Crippen molar-refractivity contribution in [3.8, 4) is 6.07 Å². The van der Waals surface area contributed by atoms with Crippen molar-refractivity contribution in [2.75, 3.05) is 4.90 Å². The van der Waals surface area contributed by atoms with Gasteiger partial charge in [0, 0.05) is 59.9 Å². The van der Waals surface area contributed by atoms with E-state index in [1.807, 2.05) is 35.0 Å². The van der Waals surface area contributed by atoms with E-state index in [-0.39, 0.29) is 24.4 Å². The van der Waals surface area contributed by atoms with Crippen LogP contribution in [0.25, 0.3) is 10.8 Å². The Hall–Kier alpha value is -3.04. The Balaban J connectivity index is 0.00000231. The molecule has 0 spiro atoms. The lowest BCUT2D eigenvalue weighted by Gasteiger charge is -2.41. The van der Waals surface area contributed by atoms with Crippen molar-refractivity contribution >= 4 is 34.8 Å². The van der Waals surface area contributed by atoms with Gasteiger partial charge >= 0.3 is 0 Å². The minimum absolute atomic E-state index is 0. The first-order valence-corrected chi connectivity index (χ1v) is 10.7. The lowest BCUT2D eigenvalue weighted by Crippen LogP contribution is -2.50. The predicted octanol–water partition coefficient (Wildman–Crippen LogP) is 4.04. The smallest absolute Gasteiger partial charge is 0.222 e. The highest BCUT2D eigenvalue weighted by Gasteiger charge is 2.41. The van der Waals surface area contributed by atoms with Gasteiger partial charge < -0.3 is 14.8 Å². The van der Waals surface area contributed by atoms with E-state index in [1.54, 1.807) is 12.5 Å². The number of hydrogen-bond acceptors (Lipinski definition) is 4. The molecule has 6 nitrogen and oxygen atoms in total. The Morgan fingerprint density at radius 2 is 1.87 bits per heavy atom. The molecule has 3 heterocycles. The number of aromatic nitrogens is 2. The van der Waals surface area contributed by atoms with Gasteiger partial charge in [-0.2, -0.15) is 5.26 Å². The summed E-state index contributed by atoms with van der Waals surface area (Å²) in [7, 11) is 0. The van der Waals surface area contributed by atoms with E-state index < -0.39 is 0 Å². The molecule has 2 atom stereocenters. The summed E-state index contributed by atoms with van der Waals surface area (Å²) in [4.78, 5) is 19.0. The summed E-state index contributed by atoms with van der Waals surface area (Å²) in [6.07, 6.45) is 10.1. The van der Waals surface area contributed by atoms with Crippen LogP contribution in [0.3, 0.4) is 0 Å². The van der Waals surface area contributed by atoms with Crippen LogP contribution in [0.1, 0.15) is 37.7 Å². The Bertz CT molecular complexity index is 1090. The van der Waals surface area contributed by atoms with E-state index in [0.29, 0.717) is 25.0 Å². The van der Waals surface area contributed by atoms with Crippen LogP contribution >= 0.6 is 12.4 Å². The number of nitrogens with zero attached hydrogens (tertiary/aromatic N) is 4. The van der Waals surface area contributed by atoms with Gasteiger partial charge in [-0.15, -0.1) is 12.4 Å². The summed E-state index contributed by atoms with van der Waals surface area (Å²) >= 11 is 0. The fourth-order valence-electron chi connectivity index (χ4n) is 5.24. The number of nitrogens with one attached hydrogen (secondary N) is 1. The van der Waals surface area contributed by atoms with Crippen LogP contribution < -0.4 is 10.2 Å². The van der Waals surface area contributed by atoms with Gasteiger partial charge in [0.25, 0.3) is 0 Å². The zero-order valence-corrected chi connectivity index (χ0v) is 18.1. The molecule has 160 valence electrons. The molecule has 2 aliphatic heterocycles. The molecule has 0 saturated carbocycles. The van der Waals surface area contributed by atoms with Crippen LogP contribution in [0.5, 0.6) is 0 Å². The number of benzene rings is 2. The Morgan fingerprint density at radius 1 is 1.13 bits per heavy atom. The van der Waals surface area contributed by atoms with E-state index in [9.17, 15) is 10.1 Å². The largest absolute Gasteiger partial charge is 0.365 e. The lowest BCUT2D eigenvalue weighted by molar-refractivity contribution is -0.122. The number of hydrogen-bond donors (Lipinski definition) is 1. The van der Waals surface area contributed by atoms with E-state index in [4.69, 9.17) is 0 Å². The highest BCUT2D eigenvalue weighted by Crippen LogP contribution is 2.42. The molecule has 0 radical (unpaired) electrons. The molecule has 5 rings (SSSR count). The minimum Gasteiger partial charge on any atom is -0.365 e. The van der Waals surface area contributed by atoms with Gasteiger partial charge in [0.05, 0.1) is 18.0 Å². The maximum Gasteiger partial charge on any atom is 0.222 e. The number of nitriles is 1. The van der Waals surface area contributed by atoms with Crippen LogP contribution in [0.2, 0.25) is 0 Å². The zero-order chi connectivity index (χ0) is 20.5. The van der Waals surface area contributed by atoms with E-state index in [1.165, 1.54) is 5.69 Å². The van der Waals surface area contributed by atoms with Crippen molar-refractivity contribution in [1.29, 1.82) is 5.26 Å². The highest BCUT2D eigenvalue weighted by molar-refractivity contribution is 5.98. The maximum atomic E-state index is 12.4. The van der Waals surface area contributed by atoms with Crippen molar-refractivity contribution in [2.45, 2.75) is 56.8 Å². The van der Waals surface area contributed by atoms with Crippen LogP contribution in [-0.2, 0) is 11.3 Å². The molecule has 2 saturated heterocycles. The van der Waals surface area contributed by atoms with Gasteiger partial charge in [-0.05, 0) is 37.8 Å². The average Bonchev–Trinajstić information content (AvgIpc) is 3.37. The van der Waals surface area contributed by atoms with Gasteiger partial charge in [0.2, 0.25) is 5.91 Å². The summed E-state index contributed by atoms with van der Waals surface area (Å²) < 4.78 is 1.93. The maximum absolute atomic E-state index is 12.4. The van der Waals surface area contributed by atoms with Gasteiger partial charge in [0.1, 0.15) is 0 Å². The molecule has 2 fully saturated rings. The number of anilines is 1. The van der Waals surface area contributed by atoms with Gasteiger partial charge in [0.15, 0.2) is 0 Å². The second-order valence-corrected chi connectivity index (χ2v) is 8.37. The number of rotatable bonds is 5. The third-order valence-corrected chi connectivity index (χ3v) is 6.55. The Labute approximate surface area is 188 Å². The first kappa shape index (κ1) is 21.2. The van der Waals surface area contributed by atoms with Crippen molar-refractivity contribution < 1.29 is 4.79 Å². The fourth-order valence-corrected chi connectivity index (χ4v) is 5.24. The topological polar surface area (TPSA) is 74.0 Å². The molecule has 2 aromatic carbocycles. The number of piperidine rings is 1. The number of carbonyl (C=O) groups excluding carboxylic acids is 1. The first-order chi connectivity index (χ1) is 14.7. The first-order valence-electron chi connectivity index (χ1n) is 10.7. The van der Waals surface area contributed by atoms with E-state index >= 15 is 0 Å². The molecule has 2 aliphatic rings. The molecule has 2 unspecified atom stereocenters. The third-order valence-electron chi connectivity index (χ3n) is 6.55. The zero-order valence-electron chi connectivity index (χ0n) is 17.3. The number of fused-ring (bicyclic) bond motifs is 3. The molecule has 1 amide bonds. The van der Waals surface area contributed by atoms with Crippen molar-refractivity contribution in [3.63, 3.8) is 0 Å². The number of amides is 1. The second kappa shape index (κ2) is 8.99. The minimum atomic E-state index is 0. The quantitative estimate of drug-likeness (QED) is 0.656. The highest BCUT2D eigenvalue weighted by atomic mass is 35.5. The normalized spacial score (nSPS) is 22.0. The van der Waals surface area contributed by atoms with Gasteiger partial charge in [-0.3, -0.25) is 4.79 Å². The van der Waals surface area contributed by atoms with Crippen molar-refractivity contribution in [2.24, 2.45) is 0 Å². The van der Waals surface area contributed by atoms with Gasteiger partial charge in [-0.25, -0.2) is 4.98 Å². The number of imidazole rings is 1. The summed E-state index contributed by atoms with van der Waals surface area (Å²) in [5.74, 6) is 0.116. The molecule has 7 heteroatoms. The third kappa shape index (κ3) is 4.11. The van der Waals surface area contributed by atoms with Crippen molar-refractivity contribution in [3.05, 3.63) is 60.7 Å². The monoisotopic (exact) mass is 435 g/mol. The summed E-state index contributed by atoms with van der Waals surface area (Å²) in [6.45, 7) is 0.661. The number of halogens is 1. The molecule has 1 N–H and O–H groups in total. The summed E-state index contributed by atoms with van der Waals surface area (Å²) in [6, 6.07) is 15.7. The van der Waals surface area contributed by atoms with Crippen LogP contribution in [-0.4, -0.2) is 33.6 Å². The van der Waals surface area contributed by atoms with Crippen molar-refractivity contribution in [1.82, 2.24) is 14.9 Å². The molecular weight excluding hydrogens is 410 g/mol. The second-order valence-electron chi connectivity index (χ2n) is 8.37. The van der Waals surface area contributed by atoms with Crippen LogP contribution in [0.4, 0.5) is 5.69 Å². The molecule has 2 bridgehead atoms. The Kier molecular flexibility index (Phi) is 6.15. The number of aryl methyl sites for hydroxylation is 1. The standard InChI is InChI=1S/C24H25N5O.ClH/c25-15-17-5-8-23(22-4-2-1-3-21(17)22)29-19-6-7-20(29)14-18(13-19)27-24(30)9-11-28-12-10-26-16-28;/h1-5,8,10,12,16,18-20H,6-7,9,11,13-14H2,(H,27,30);1H. The summed E-state index contributed by atoms with van der Waals surface area (Å²) in [5, 5.41) is 14.9. The fraction of sp³-hybridized carbons (Fsp3) is 0.375. The lowest BCUT2D eigenvalue weighted by atomic mass is 9.94. The van der Waals surface area contributed by atoms with Gasteiger partial charge in [-0.1, -0.05) is 24.3 Å². The van der Waals surface area contributed by atoms with Crippen LogP contribution in [0, 0.1) is 11.3 Å². The molecule has 0 aliphatic carbocycles. The predicted molar refractivity (Wildman–Crippen MR) is 123 cm³/mol. The number of carbonyl (C=O) groups is 1. The van der Waals surface area contributed by atoms with E-state index in [2.05, 4.69) is 33.4 Å².